The highest BCUT2D eigenvalue weighted by Gasteiger charge is 2.25. The normalized spacial score (nSPS) is 19.5. The number of hydrogen-bond donors (Lipinski definition) is 2. The van der Waals surface area contributed by atoms with Crippen molar-refractivity contribution in [3.63, 3.8) is 0 Å². The number of aromatic nitrogens is 1. The van der Waals surface area contributed by atoms with Crippen LogP contribution >= 0.6 is 0 Å². The number of morpholine rings is 1. The molecule has 1 saturated heterocycles. The Morgan fingerprint density at radius 2 is 2.10 bits per heavy atom. The third kappa shape index (κ3) is 3.72. The van der Waals surface area contributed by atoms with E-state index in [1.165, 1.54) is 0 Å². The van der Waals surface area contributed by atoms with E-state index in [2.05, 4.69) is 15.2 Å². The van der Waals surface area contributed by atoms with Crippen molar-refractivity contribution in [3.05, 3.63) is 24.3 Å². The number of nitrogens with zero attached hydrogens (tertiary/aromatic N) is 2. The Morgan fingerprint density at radius 3 is 2.86 bits per heavy atom. The Hall–Kier alpha value is -1.63. The van der Waals surface area contributed by atoms with Gasteiger partial charge in [0, 0.05) is 26.2 Å². The minimum absolute atomic E-state index is 0.386. The minimum Gasteiger partial charge on any atom is -0.424 e. The van der Waals surface area contributed by atoms with E-state index >= 15 is 0 Å². The molecule has 2 heterocycles. The van der Waals surface area contributed by atoms with E-state index in [1.54, 1.807) is 0 Å². The molecule has 3 rings (SSSR count). The predicted octanol–water partition coefficient (Wildman–Crippen LogP) is 1.32. The van der Waals surface area contributed by atoms with Gasteiger partial charge in [-0.15, -0.1) is 0 Å². The monoisotopic (exact) mass is 291 g/mol. The third-order valence-corrected chi connectivity index (χ3v) is 3.58. The van der Waals surface area contributed by atoms with Gasteiger partial charge in [0.05, 0.1) is 18.8 Å². The first-order valence-electron chi connectivity index (χ1n) is 7.24. The molecule has 0 saturated carbocycles. The van der Waals surface area contributed by atoms with Crippen molar-refractivity contribution in [2.45, 2.75) is 12.5 Å². The maximum Gasteiger partial charge on any atom is 0.295 e. The second-order valence-electron chi connectivity index (χ2n) is 5.73. The lowest BCUT2D eigenvalue weighted by Crippen LogP contribution is -2.49. The molecular formula is C15H21N3O3. The van der Waals surface area contributed by atoms with Gasteiger partial charge >= 0.3 is 0 Å². The molecule has 2 aromatic rings. The van der Waals surface area contributed by atoms with Crippen molar-refractivity contribution >= 4 is 17.1 Å². The van der Waals surface area contributed by atoms with Crippen molar-refractivity contribution in [1.82, 2.24) is 9.88 Å². The van der Waals surface area contributed by atoms with Crippen LogP contribution in [-0.4, -0.2) is 60.0 Å². The maximum absolute atomic E-state index is 10.5. The number of hydrogen-bond acceptors (Lipinski definition) is 6. The molecule has 0 aliphatic carbocycles. The molecule has 114 valence electrons. The summed E-state index contributed by atoms with van der Waals surface area (Å²) in [4.78, 5) is 6.55. The highest BCUT2D eigenvalue weighted by atomic mass is 16.5. The summed E-state index contributed by atoms with van der Waals surface area (Å²) in [6.45, 7) is 5.99. The van der Waals surface area contributed by atoms with Crippen LogP contribution in [0.1, 0.15) is 6.92 Å². The van der Waals surface area contributed by atoms with Crippen molar-refractivity contribution in [1.29, 1.82) is 0 Å². The lowest BCUT2D eigenvalue weighted by atomic mass is 10.1. The van der Waals surface area contributed by atoms with Gasteiger partial charge in [0.25, 0.3) is 6.01 Å². The van der Waals surface area contributed by atoms with E-state index in [9.17, 15) is 5.11 Å². The summed E-state index contributed by atoms with van der Waals surface area (Å²) < 4.78 is 10.9. The molecule has 21 heavy (non-hydrogen) atoms. The van der Waals surface area contributed by atoms with Crippen molar-refractivity contribution < 1.29 is 14.3 Å². The number of nitrogens with one attached hydrogen (secondary N) is 1. The summed E-state index contributed by atoms with van der Waals surface area (Å²) in [5.41, 5.74) is 0.707. The first-order valence-corrected chi connectivity index (χ1v) is 7.24. The Kier molecular flexibility index (Phi) is 4.10. The van der Waals surface area contributed by atoms with Crippen LogP contribution in [0.4, 0.5) is 6.01 Å². The molecule has 6 nitrogen and oxygen atoms in total. The highest BCUT2D eigenvalue weighted by Crippen LogP contribution is 2.19. The van der Waals surface area contributed by atoms with Crippen LogP contribution in [0.5, 0.6) is 0 Å². The van der Waals surface area contributed by atoms with Crippen LogP contribution in [0, 0.1) is 0 Å². The van der Waals surface area contributed by atoms with Gasteiger partial charge in [-0.1, -0.05) is 12.1 Å². The summed E-state index contributed by atoms with van der Waals surface area (Å²) >= 11 is 0. The highest BCUT2D eigenvalue weighted by molar-refractivity contribution is 5.74. The van der Waals surface area contributed by atoms with Crippen LogP contribution in [-0.2, 0) is 4.74 Å². The molecule has 0 amide bonds. The van der Waals surface area contributed by atoms with E-state index in [4.69, 9.17) is 9.15 Å². The third-order valence-electron chi connectivity index (χ3n) is 3.58. The minimum atomic E-state index is -0.849. The van der Waals surface area contributed by atoms with Crippen LogP contribution < -0.4 is 5.32 Å². The molecule has 1 aliphatic heterocycles. The summed E-state index contributed by atoms with van der Waals surface area (Å²) in [5.74, 6) is 0. The van der Waals surface area contributed by atoms with Crippen molar-refractivity contribution in [2.75, 3.05) is 44.7 Å². The van der Waals surface area contributed by atoms with Gasteiger partial charge < -0.3 is 19.6 Å². The molecule has 1 unspecified atom stereocenters. The average Bonchev–Trinajstić information content (AvgIpc) is 2.89. The predicted molar refractivity (Wildman–Crippen MR) is 80.4 cm³/mol. The molecule has 1 aromatic heterocycles. The lowest BCUT2D eigenvalue weighted by Gasteiger charge is -2.33. The van der Waals surface area contributed by atoms with E-state index < -0.39 is 5.60 Å². The van der Waals surface area contributed by atoms with E-state index in [-0.39, 0.29) is 0 Å². The topological polar surface area (TPSA) is 70.8 Å². The summed E-state index contributed by atoms with van der Waals surface area (Å²) in [5, 5.41) is 13.6. The van der Waals surface area contributed by atoms with E-state index in [0.29, 0.717) is 19.1 Å². The standard InChI is InChI=1S/C15H21N3O3/c1-15(19,11-18-6-8-20-9-7-18)10-16-14-17-12-4-2-3-5-13(12)21-14/h2-5,19H,6-11H2,1H3,(H,16,17). The molecule has 1 aromatic carbocycles. The maximum atomic E-state index is 10.5. The number of ether oxygens (including phenoxy) is 1. The Bertz CT molecular complexity index is 558. The van der Waals surface area contributed by atoms with Crippen LogP contribution in [0.2, 0.25) is 0 Å². The summed E-state index contributed by atoms with van der Waals surface area (Å²) in [7, 11) is 0. The molecule has 1 fully saturated rings. The fourth-order valence-electron chi connectivity index (χ4n) is 2.51. The smallest absolute Gasteiger partial charge is 0.295 e. The average molecular weight is 291 g/mol. The van der Waals surface area contributed by atoms with Crippen molar-refractivity contribution in [3.8, 4) is 0 Å². The SMILES string of the molecule is CC(O)(CNc1nc2ccccc2o1)CN1CCOCC1. The van der Waals surface area contributed by atoms with Crippen molar-refractivity contribution in [2.24, 2.45) is 0 Å². The van der Waals surface area contributed by atoms with Gasteiger partial charge in [0.1, 0.15) is 5.52 Å². The van der Waals surface area contributed by atoms with Gasteiger partial charge in [0.2, 0.25) is 0 Å². The molecule has 6 heteroatoms. The number of anilines is 1. The van der Waals surface area contributed by atoms with Gasteiger partial charge in [-0.3, -0.25) is 4.90 Å². The van der Waals surface area contributed by atoms with E-state index in [0.717, 1.165) is 37.4 Å². The Morgan fingerprint density at radius 1 is 1.33 bits per heavy atom. The molecule has 1 aliphatic rings. The van der Waals surface area contributed by atoms with Gasteiger partial charge in [-0.05, 0) is 19.1 Å². The van der Waals surface area contributed by atoms with E-state index in [1.807, 2.05) is 31.2 Å². The zero-order chi connectivity index (χ0) is 14.7. The summed E-state index contributed by atoms with van der Waals surface area (Å²) in [6, 6.07) is 8.04. The number of β-amino-alcohol motifs (C(OH)–C–C–N with tert-alkyl or cyclic N) is 1. The van der Waals surface area contributed by atoms with Crippen LogP contribution in [0.15, 0.2) is 28.7 Å². The first kappa shape index (κ1) is 14.3. The second-order valence-corrected chi connectivity index (χ2v) is 5.73. The second kappa shape index (κ2) is 6.01. The zero-order valence-electron chi connectivity index (χ0n) is 12.2. The number of para-hydroxylation sites is 2. The number of oxazole rings is 1. The Labute approximate surface area is 123 Å². The number of rotatable bonds is 5. The Balaban J connectivity index is 1.57. The first-order chi connectivity index (χ1) is 10.1. The van der Waals surface area contributed by atoms with Crippen LogP contribution in [0.3, 0.4) is 0 Å². The summed E-state index contributed by atoms with van der Waals surface area (Å²) in [6.07, 6.45) is 0. The molecule has 2 N–H and O–H groups in total. The fourth-order valence-corrected chi connectivity index (χ4v) is 2.51. The quantitative estimate of drug-likeness (QED) is 0.866. The molecular weight excluding hydrogens is 270 g/mol. The zero-order valence-corrected chi connectivity index (χ0v) is 12.2. The molecule has 0 spiro atoms. The molecule has 1 atom stereocenters. The van der Waals surface area contributed by atoms with Gasteiger partial charge in [-0.2, -0.15) is 4.98 Å². The number of benzene rings is 1. The van der Waals surface area contributed by atoms with Gasteiger partial charge in [-0.25, -0.2) is 0 Å². The molecule has 0 bridgehead atoms. The number of fused-ring (bicyclic) bond motifs is 1. The fraction of sp³-hybridized carbons (Fsp3) is 0.533. The number of aliphatic hydroxyl groups is 1. The largest absolute Gasteiger partial charge is 0.424 e. The lowest BCUT2D eigenvalue weighted by molar-refractivity contribution is -0.0165. The molecule has 0 radical (unpaired) electrons. The van der Waals surface area contributed by atoms with Crippen LogP contribution in [0.25, 0.3) is 11.1 Å². The van der Waals surface area contributed by atoms with Gasteiger partial charge in [0.15, 0.2) is 5.58 Å².